The summed E-state index contributed by atoms with van der Waals surface area (Å²) in [6, 6.07) is 1.57. The van der Waals surface area contributed by atoms with Crippen LogP contribution in [0.3, 0.4) is 0 Å². The Balaban J connectivity index is 1.79. The number of alkyl halides is 6. The van der Waals surface area contributed by atoms with Crippen molar-refractivity contribution in [2.45, 2.75) is 31.9 Å². The molecule has 0 aliphatic carbocycles. The van der Waals surface area contributed by atoms with Crippen LogP contribution in [0.5, 0.6) is 0 Å². The first kappa shape index (κ1) is 24.2. The summed E-state index contributed by atoms with van der Waals surface area (Å²) < 4.78 is 88.2. The maximum atomic E-state index is 13.0. The average molecular weight is 478 g/mol. The fourth-order valence-corrected chi connectivity index (χ4v) is 2.67. The van der Waals surface area contributed by atoms with E-state index in [-0.39, 0.29) is 36.1 Å². The van der Waals surface area contributed by atoms with Gasteiger partial charge in [0.2, 0.25) is 11.7 Å². The molecular formula is C18H16F6N6O3. The lowest BCUT2D eigenvalue weighted by atomic mass is 10.2. The molecule has 3 aromatic rings. The molecule has 0 saturated carbocycles. The molecule has 3 heterocycles. The zero-order chi connectivity index (χ0) is 24.4. The fraction of sp³-hybridized carbons (Fsp3) is 0.389. The number of halogens is 6. The molecule has 15 heteroatoms. The molecule has 3 rings (SSSR count). The van der Waals surface area contributed by atoms with Gasteiger partial charge in [-0.2, -0.15) is 36.4 Å². The van der Waals surface area contributed by atoms with Crippen LogP contribution >= 0.6 is 0 Å². The Morgan fingerprint density at radius 3 is 2.52 bits per heavy atom. The van der Waals surface area contributed by atoms with E-state index in [4.69, 9.17) is 9.26 Å². The van der Waals surface area contributed by atoms with Crippen LogP contribution in [-0.4, -0.2) is 44.5 Å². The van der Waals surface area contributed by atoms with Crippen LogP contribution in [0.4, 0.5) is 26.3 Å². The zero-order valence-corrected chi connectivity index (χ0v) is 17.0. The monoisotopic (exact) mass is 478 g/mol. The number of methoxy groups -OCH3 is 1. The highest BCUT2D eigenvalue weighted by atomic mass is 19.4. The van der Waals surface area contributed by atoms with Gasteiger partial charge in [0.25, 0.3) is 5.91 Å². The molecule has 1 N–H and O–H groups in total. The van der Waals surface area contributed by atoms with Gasteiger partial charge in [0.1, 0.15) is 17.4 Å². The summed E-state index contributed by atoms with van der Waals surface area (Å²) >= 11 is 0. The first-order chi connectivity index (χ1) is 15.4. The van der Waals surface area contributed by atoms with Crippen molar-refractivity contribution >= 4 is 5.91 Å². The maximum absolute atomic E-state index is 13.0. The van der Waals surface area contributed by atoms with E-state index in [2.05, 4.69) is 25.5 Å². The van der Waals surface area contributed by atoms with Crippen LogP contribution in [0.1, 0.15) is 40.7 Å². The van der Waals surface area contributed by atoms with Crippen LogP contribution in [0.2, 0.25) is 0 Å². The van der Waals surface area contributed by atoms with Crippen molar-refractivity contribution < 1.29 is 40.4 Å². The van der Waals surface area contributed by atoms with E-state index in [1.807, 2.05) is 0 Å². The average Bonchev–Trinajstić information content (AvgIpc) is 3.39. The van der Waals surface area contributed by atoms with Gasteiger partial charge in [-0.25, -0.2) is 0 Å². The van der Waals surface area contributed by atoms with Crippen LogP contribution in [0, 0.1) is 0 Å². The number of hydrogen-bond acceptors (Lipinski definition) is 7. The predicted molar refractivity (Wildman–Crippen MR) is 97.5 cm³/mol. The lowest BCUT2D eigenvalue weighted by Gasteiger charge is -2.11. The molecule has 1 amide bonds. The third kappa shape index (κ3) is 5.66. The molecule has 178 valence electrons. The molecule has 3 aromatic heterocycles. The van der Waals surface area contributed by atoms with E-state index in [1.165, 1.54) is 20.1 Å². The van der Waals surface area contributed by atoms with Gasteiger partial charge in [-0.1, -0.05) is 5.16 Å². The molecule has 0 aliphatic rings. The quantitative estimate of drug-likeness (QED) is 0.518. The molecule has 0 aromatic carbocycles. The zero-order valence-electron chi connectivity index (χ0n) is 17.0. The van der Waals surface area contributed by atoms with Crippen LogP contribution in [-0.2, 0) is 23.6 Å². The second-order valence-corrected chi connectivity index (χ2v) is 6.71. The molecule has 0 aliphatic heterocycles. The Bertz CT molecular complexity index is 1120. The van der Waals surface area contributed by atoms with Crippen molar-refractivity contribution in [2.75, 3.05) is 13.7 Å². The summed E-state index contributed by atoms with van der Waals surface area (Å²) in [5.74, 6) is -1.28. The smallest absolute Gasteiger partial charge is 0.383 e. The molecule has 0 saturated heterocycles. The van der Waals surface area contributed by atoms with E-state index in [0.29, 0.717) is 6.07 Å². The standard InChI is InChI=1S/C18H16F6N6O3/c1-9(16-27-14(29-33-16)10-3-4-25-12(7-10)17(19,20)21)26-15(31)11-8-13(18(22,23)24)28-30(11)5-6-32-2/h3-4,7-9H,5-6H2,1-2H3,(H,26,31)/t9-/m0/s1. The molecule has 9 nitrogen and oxygen atoms in total. The third-order valence-electron chi connectivity index (χ3n) is 4.28. The fourth-order valence-electron chi connectivity index (χ4n) is 2.67. The molecule has 0 bridgehead atoms. The van der Waals surface area contributed by atoms with Gasteiger partial charge in [0, 0.05) is 24.9 Å². The number of rotatable bonds is 7. The summed E-state index contributed by atoms with van der Waals surface area (Å²) in [6.45, 7) is 1.30. The minimum absolute atomic E-state index is 0.00762. The SMILES string of the molecule is COCCn1nc(C(F)(F)F)cc1C(=O)N[C@@H](C)c1nc(-c2ccnc(C(F)(F)F)c2)no1. The van der Waals surface area contributed by atoms with Crippen molar-refractivity contribution in [3.05, 3.63) is 47.4 Å². The molecule has 0 radical (unpaired) electrons. The Kier molecular flexibility index (Phi) is 6.71. The van der Waals surface area contributed by atoms with Gasteiger partial charge in [0.15, 0.2) is 5.69 Å². The molecule has 1 atom stereocenters. The summed E-state index contributed by atoms with van der Waals surface area (Å²) in [5, 5.41) is 9.38. The summed E-state index contributed by atoms with van der Waals surface area (Å²) in [4.78, 5) is 19.8. The van der Waals surface area contributed by atoms with Gasteiger partial charge in [-0.05, 0) is 19.1 Å². The maximum Gasteiger partial charge on any atom is 0.435 e. The van der Waals surface area contributed by atoms with E-state index >= 15 is 0 Å². The number of carbonyl (C=O) groups is 1. The number of hydrogen-bond donors (Lipinski definition) is 1. The Hall–Kier alpha value is -3.49. The van der Waals surface area contributed by atoms with E-state index in [0.717, 1.165) is 16.9 Å². The Labute approximate surface area is 181 Å². The second-order valence-electron chi connectivity index (χ2n) is 6.71. The van der Waals surface area contributed by atoms with Crippen LogP contribution in [0.25, 0.3) is 11.4 Å². The number of aromatic nitrogens is 5. The summed E-state index contributed by atoms with van der Waals surface area (Å²) in [6.07, 6.45) is -8.51. The van der Waals surface area contributed by atoms with Crippen LogP contribution < -0.4 is 5.32 Å². The first-order valence-corrected chi connectivity index (χ1v) is 9.22. The normalized spacial score (nSPS) is 13.2. The van der Waals surface area contributed by atoms with Gasteiger partial charge < -0.3 is 14.6 Å². The molecular weight excluding hydrogens is 462 g/mol. The number of amides is 1. The molecule has 0 unspecified atom stereocenters. The number of ether oxygens (including phenoxy) is 1. The lowest BCUT2D eigenvalue weighted by molar-refractivity contribution is -0.142. The minimum atomic E-state index is -4.76. The molecule has 0 spiro atoms. The number of nitrogens with zero attached hydrogens (tertiary/aromatic N) is 5. The van der Waals surface area contributed by atoms with Crippen molar-refractivity contribution in [3.8, 4) is 11.4 Å². The van der Waals surface area contributed by atoms with Crippen molar-refractivity contribution in [1.29, 1.82) is 0 Å². The van der Waals surface area contributed by atoms with Crippen molar-refractivity contribution in [1.82, 2.24) is 30.2 Å². The van der Waals surface area contributed by atoms with Crippen molar-refractivity contribution in [2.24, 2.45) is 0 Å². The third-order valence-corrected chi connectivity index (χ3v) is 4.28. The summed E-state index contributed by atoms with van der Waals surface area (Å²) in [7, 11) is 1.34. The topological polar surface area (TPSA) is 108 Å². The number of carbonyl (C=O) groups excluding carboxylic acids is 1. The number of pyridine rings is 1. The minimum Gasteiger partial charge on any atom is -0.383 e. The highest BCUT2D eigenvalue weighted by Gasteiger charge is 2.36. The van der Waals surface area contributed by atoms with Crippen molar-refractivity contribution in [3.63, 3.8) is 0 Å². The molecule has 33 heavy (non-hydrogen) atoms. The Morgan fingerprint density at radius 1 is 1.18 bits per heavy atom. The highest BCUT2D eigenvalue weighted by Crippen LogP contribution is 2.30. The molecule has 0 fully saturated rings. The largest absolute Gasteiger partial charge is 0.435 e. The Morgan fingerprint density at radius 2 is 1.88 bits per heavy atom. The van der Waals surface area contributed by atoms with Gasteiger partial charge in [-0.15, -0.1) is 0 Å². The lowest BCUT2D eigenvalue weighted by Crippen LogP contribution is -2.29. The van der Waals surface area contributed by atoms with E-state index < -0.39 is 35.7 Å². The van der Waals surface area contributed by atoms with E-state index in [9.17, 15) is 31.1 Å². The summed E-state index contributed by atoms with van der Waals surface area (Å²) in [5.41, 5.74) is -2.82. The van der Waals surface area contributed by atoms with E-state index in [1.54, 1.807) is 0 Å². The van der Waals surface area contributed by atoms with Gasteiger partial charge in [-0.3, -0.25) is 14.5 Å². The second kappa shape index (κ2) is 9.17. The highest BCUT2D eigenvalue weighted by molar-refractivity contribution is 5.92. The number of nitrogens with one attached hydrogen (secondary N) is 1. The van der Waals surface area contributed by atoms with Crippen LogP contribution in [0.15, 0.2) is 28.9 Å². The first-order valence-electron chi connectivity index (χ1n) is 9.22. The van der Waals surface area contributed by atoms with Gasteiger partial charge >= 0.3 is 12.4 Å². The predicted octanol–water partition coefficient (Wildman–Crippen LogP) is 3.50. The van der Waals surface area contributed by atoms with Gasteiger partial charge in [0.05, 0.1) is 13.2 Å².